The average Bonchev–Trinajstić information content (AvgIpc) is 2.45. The Labute approximate surface area is 121 Å². The molecule has 0 radical (unpaired) electrons. The Kier molecular flexibility index (Phi) is 4.56. The fraction of sp³-hybridized carbons (Fsp3) is 0.533. The van der Waals surface area contributed by atoms with Crippen LogP contribution in [0.3, 0.4) is 0 Å². The lowest BCUT2D eigenvalue weighted by molar-refractivity contribution is -0.132. The molecule has 1 amide bonds. The van der Waals surface area contributed by atoms with Gasteiger partial charge in [-0.15, -0.1) is 0 Å². The summed E-state index contributed by atoms with van der Waals surface area (Å²) in [4.78, 5) is 13.8. The van der Waals surface area contributed by atoms with Crippen LogP contribution in [0.15, 0.2) is 12.1 Å². The minimum atomic E-state index is -1.25. The number of nitrogens with zero attached hydrogens (tertiary/aromatic N) is 1. The predicted octanol–water partition coefficient (Wildman–Crippen LogP) is 2.23. The van der Waals surface area contributed by atoms with Crippen molar-refractivity contribution in [1.82, 2.24) is 4.90 Å². The lowest BCUT2D eigenvalue weighted by atomic mass is 9.80. The standard InChI is InChI=1S/C15H19F3N2O/c1-15(9-19)2-4-20(5-3-15)14(21)7-10-6-12(17)13(18)8-11(10)16/h6,8H,2-5,7,9,19H2,1H3. The molecule has 0 bridgehead atoms. The predicted molar refractivity (Wildman–Crippen MR) is 73.0 cm³/mol. The number of likely N-dealkylation sites (tertiary alicyclic amines) is 1. The first-order valence-corrected chi connectivity index (χ1v) is 6.96. The summed E-state index contributed by atoms with van der Waals surface area (Å²) in [6, 6.07) is 1.22. The number of piperidine rings is 1. The van der Waals surface area contributed by atoms with Crippen LogP contribution in [0.1, 0.15) is 25.3 Å². The van der Waals surface area contributed by atoms with Gasteiger partial charge in [-0.05, 0) is 30.9 Å². The van der Waals surface area contributed by atoms with Gasteiger partial charge < -0.3 is 10.6 Å². The number of amides is 1. The normalized spacial score (nSPS) is 17.9. The van der Waals surface area contributed by atoms with Gasteiger partial charge in [0.1, 0.15) is 5.82 Å². The highest BCUT2D eigenvalue weighted by Crippen LogP contribution is 2.29. The highest BCUT2D eigenvalue weighted by atomic mass is 19.2. The molecular formula is C15H19F3N2O. The summed E-state index contributed by atoms with van der Waals surface area (Å²) in [5, 5.41) is 0. The van der Waals surface area contributed by atoms with Crippen LogP contribution in [0, 0.1) is 22.9 Å². The van der Waals surface area contributed by atoms with E-state index in [1.165, 1.54) is 0 Å². The second-order valence-corrected chi connectivity index (χ2v) is 5.93. The van der Waals surface area contributed by atoms with Crippen LogP contribution in [0.4, 0.5) is 13.2 Å². The molecule has 1 aliphatic rings. The zero-order valence-corrected chi connectivity index (χ0v) is 12.0. The largest absolute Gasteiger partial charge is 0.342 e. The maximum atomic E-state index is 13.5. The molecule has 2 rings (SSSR count). The molecule has 0 aromatic heterocycles. The lowest BCUT2D eigenvalue weighted by Gasteiger charge is -2.38. The molecule has 6 heteroatoms. The maximum Gasteiger partial charge on any atom is 0.227 e. The SMILES string of the molecule is CC1(CN)CCN(C(=O)Cc2cc(F)c(F)cc2F)CC1. The van der Waals surface area contributed by atoms with Gasteiger partial charge in [0, 0.05) is 24.7 Å². The molecule has 0 saturated carbocycles. The molecule has 2 N–H and O–H groups in total. The first-order valence-electron chi connectivity index (χ1n) is 6.96. The van der Waals surface area contributed by atoms with Crippen LogP contribution in [-0.4, -0.2) is 30.4 Å². The van der Waals surface area contributed by atoms with Crippen molar-refractivity contribution in [3.63, 3.8) is 0 Å². The highest BCUT2D eigenvalue weighted by molar-refractivity contribution is 5.79. The van der Waals surface area contributed by atoms with Crippen molar-refractivity contribution in [2.45, 2.75) is 26.2 Å². The van der Waals surface area contributed by atoms with E-state index in [2.05, 4.69) is 6.92 Å². The Hall–Kier alpha value is -1.56. The van der Waals surface area contributed by atoms with Gasteiger partial charge in [0.05, 0.1) is 6.42 Å². The number of hydrogen-bond donors (Lipinski definition) is 1. The van der Waals surface area contributed by atoms with Crippen LogP contribution in [-0.2, 0) is 11.2 Å². The van der Waals surface area contributed by atoms with E-state index >= 15 is 0 Å². The molecular weight excluding hydrogens is 281 g/mol. The minimum Gasteiger partial charge on any atom is -0.342 e. The van der Waals surface area contributed by atoms with Crippen molar-refractivity contribution in [3.8, 4) is 0 Å². The number of halogens is 3. The summed E-state index contributed by atoms with van der Waals surface area (Å²) >= 11 is 0. The van der Waals surface area contributed by atoms with Gasteiger partial charge in [0.15, 0.2) is 11.6 Å². The average molecular weight is 300 g/mol. The zero-order valence-electron chi connectivity index (χ0n) is 12.0. The Morgan fingerprint density at radius 3 is 2.33 bits per heavy atom. The monoisotopic (exact) mass is 300 g/mol. The molecule has 1 heterocycles. The van der Waals surface area contributed by atoms with Crippen molar-refractivity contribution < 1.29 is 18.0 Å². The van der Waals surface area contributed by atoms with Crippen molar-refractivity contribution in [2.75, 3.05) is 19.6 Å². The van der Waals surface area contributed by atoms with Crippen LogP contribution >= 0.6 is 0 Å². The van der Waals surface area contributed by atoms with Crippen molar-refractivity contribution in [3.05, 3.63) is 35.1 Å². The number of benzene rings is 1. The fourth-order valence-corrected chi connectivity index (χ4v) is 2.47. The lowest BCUT2D eigenvalue weighted by Crippen LogP contribution is -2.45. The van der Waals surface area contributed by atoms with Gasteiger partial charge in [0.25, 0.3) is 0 Å². The summed E-state index contributed by atoms with van der Waals surface area (Å²) in [6.45, 7) is 3.74. The topological polar surface area (TPSA) is 46.3 Å². The van der Waals surface area contributed by atoms with Crippen molar-refractivity contribution in [1.29, 1.82) is 0 Å². The number of carbonyl (C=O) groups is 1. The Bertz CT molecular complexity index is 540. The molecule has 0 unspecified atom stereocenters. The van der Waals surface area contributed by atoms with Gasteiger partial charge in [-0.3, -0.25) is 4.79 Å². The fourth-order valence-electron chi connectivity index (χ4n) is 2.47. The van der Waals surface area contributed by atoms with Crippen LogP contribution in [0.5, 0.6) is 0 Å². The van der Waals surface area contributed by atoms with Crippen LogP contribution in [0.25, 0.3) is 0 Å². The Morgan fingerprint density at radius 2 is 1.76 bits per heavy atom. The summed E-state index contributed by atoms with van der Waals surface area (Å²) in [7, 11) is 0. The zero-order chi connectivity index (χ0) is 15.6. The second kappa shape index (κ2) is 6.05. The van der Waals surface area contributed by atoms with Gasteiger partial charge >= 0.3 is 0 Å². The van der Waals surface area contributed by atoms with E-state index in [9.17, 15) is 18.0 Å². The number of nitrogens with two attached hydrogens (primary N) is 1. The Morgan fingerprint density at radius 1 is 1.19 bits per heavy atom. The molecule has 3 nitrogen and oxygen atoms in total. The second-order valence-electron chi connectivity index (χ2n) is 5.93. The minimum absolute atomic E-state index is 0.0318. The highest BCUT2D eigenvalue weighted by Gasteiger charge is 2.30. The van der Waals surface area contributed by atoms with E-state index in [4.69, 9.17) is 5.73 Å². The van der Waals surface area contributed by atoms with Crippen LogP contribution in [0.2, 0.25) is 0 Å². The Balaban J connectivity index is 2.01. The summed E-state index contributed by atoms with van der Waals surface area (Å²) in [6.07, 6.45) is 1.31. The first kappa shape index (κ1) is 15.8. The van der Waals surface area contributed by atoms with Crippen LogP contribution < -0.4 is 5.73 Å². The third-order valence-corrected chi connectivity index (χ3v) is 4.25. The third-order valence-electron chi connectivity index (χ3n) is 4.25. The smallest absolute Gasteiger partial charge is 0.227 e. The van der Waals surface area contributed by atoms with E-state index in [0.717, 1.165) is 18.9 Å². The van der Waals surface area contributed by atoms with E-state index in [1.54, 1.807) is 4.90 Å². The molecule has 1 aromatic carbocycles. The van der Waals surface area contributed by atoms with E-state index in [-0.39, 0.29) is 23.3 Å². The molecule has 0 atom stereocenters. The molecule has 0 spiro atoms. The molecule has 1 fully saturated rings. The number of hydrogen-bond acceptors (Lipinski definition) is 2. The van der Waals surface area contributed by atoms with Crippen molar-refractivity contribution in [2.24, 2.45) is 11.1 Å². The van der Waals surface area contributed by atoms with Gasteiger partial charge in [-0.2, -0.15) is 0 Å². The summed E-state index contributed by atoms with van der Waals surface area (Å²) < 4.78 is 39.5. The quantitative estimate of drug-likeness (QED) is 0.870. The number of carbonyl (C=O) groups excluding carboxylic acids is 1. The molecule has 21 heavy (non-hydrogen) atoms. The maximum absolute atomic E-state index is 13.5. The molecule has 116 valence electrons. The molecule has 1 aromatic rings. The summed E-state index contributed by atoms with van der Waals surface area (Å²) in [5.74, 6) is -3.57. The van der Waals surface area contributed by atoms with Gasteiger partial charge in [-0.1, -0.05) is 6.92 Å². The molecule has 1 saturated heterocycles. The first-order chi connectivity index (χ1) is 9.84. The number of rotatable bonds is 3. The molecule has 0 aliphatic carbocycles. The van der Waals surface area contributed by atoms with Gasteiger partial charge in [0.2, 0.25) is 5.91 Å². The van der Waals surface area contributed by atoms with Crippen molar-refractivity contribution >= 4 is 5.91 Å². The third kappa shape index (κ3) is 3.56. The summed E-state index contributed by atoms with van der Waals surface area (Å²) in [5.41, 5.74) is 5.62. The van der Waals surface area contributed by atoms with E-state index < -0.39 is 17.5 Å². The van der Waals surface area contributed by atoms with Gasteiger partial charge in [-0.25, -0.2) is 13.2 Å². The van der Waals surface area contributed by atoms with E-state index in [1.807, 2.05) is 0 Å². The van der Waals surface area contributed by atoms with E-state index in [0.29, 0.717) is 25.7 Å². The molecule has 1 aliphatic heterocycles.